The first-order chi connectivity index (χ1) is 11.0. The summed E-state index contributed by atoms with van der Waals surface area (Å²) in [6, 6.07) is 3.49. The molecule has 2 aromatic rings. The largest absolute Gasteiger partial charge is 0.351 e. The van der Waals surface area contributed by atoms with Crippen molar-refractivity contribution in [2.45, 2.75) is 27.2 Å². The maximum atomic E-state index is 12.0. The molecule has 0 unspecified atom stereocenters. The smallest absolute Gasteiger partial charge is 0.271 e. The van der Waals surface area contributed by atoms with Crippen LogP contribution in [-0.4, -0.2) is 32.9 Å². The Morgan fingerprint density at radius 2 is 2.04 bits per heavy atom. The first-order valence-corrected chi connectivity index (χ1v) is 7.52. The van der Waals surface area contributed by atoms with Gasteiger partial charge in [0.2, 0.25) is 5.91 Å². The summed E-state index contributed by atoms with van der Waals surface area (Å²) in [5, 5.41) is 5.49. The van der Waals surface area contributed by atoms with Crippen LogP contribution in [0.2, 0.25) is 0 Å². The summed E-state index contributed by atoms with van der Waals surface area (Å²) in [6.07, 6.45) is 5.65. The molecule has 0 saturated heterocycles. The zero-order valence-electron chi connectivity index (χ0n) is 13.5. The minimum Gasteiger partial charge on any atom is -0.351 e. The molecule has 2 rings (SSSR count). The number of nitrogens with zero attached hydrogens (tertiary/aromatic N) is 3. The van der Waals surface area contributed by atoms with Crippen molar-refractivity contribution in [2.75, 3.05) is 11.9 Å². The quantitative estimate of drug-likeness (QED) is 0.853. The lowest BCUT2D eigenvalue weighted by molar-refractivity contribution is -0.114. The molecule has 0 spiro atoms. The number of hydrogen-bond acceptors (Lipinski definition) is 4. The van der Waals surface area contributed by atoms with E-state index in [-0.39, 0.29) is 11.8 Å². The number of nitrogens with one attached hydrogen (secondary N) is 2. The molecule has 2 aromatic heterocycles. The van der Waals surface area contributed by atoms with Gasteiger partial charge in [0.05, 0.1) is 11.9 Å². The second kappa shape index (κ2) is 7.53. The molecule has 0 atom stereocenters. The number of amides is 2. The van der Waals surface area contributed by atoms with Crippen LogP contribution < -0.4 is 10.6 Å². The fourth-order valence-corrected chi connectivity index (χ4v) is 1.95. The van der Waals surface area contributed by atoms with Crippen LogP contribution >= 0.6 is 0 Å². The summed E-state index contributed by atoms with van der Waals surface area (Å²) in [4.78, 5) is 31.3. The zero-order valence-corrected chi connectivity index (χ0v) is 13.5. The molecule has 0 aromatic carbocycles. The average Bonchev–Trinajstić information content (AvgIpc) is 2.97. The Bertz CT molecular complexity index is 676. The molecule has 2 heterocycles. The van der Waals surface area contributed by atoms with E-state index in [0.29, 0.717) is 29.7 Å². The highest BCUT2D eigenvalue weighted by Gasteiger charge is 2.10. The van der Waals surface area contributed by atoms with Gasteiger partial charge in [-0.05, 0) is 24.5 Å². The molecule has 0 aliphatic carbocycles. The molecule has 0 saturated carbocycles. The van der Waals surface area contributed by atoms with Gasteiger partial charge in [-0.2, -0.15) is 0 Å². The normalized spacial score (nSPS) is 10.6. The van der Waals surface area contributed by atoms with Gasteiger partial charge in [-0.3, -0.25) is 14.2 Å². The molecule has 0 aliphatic rings. The molecule has 0 fully saturated rings. The van der Waals surface area contributed by atoms with Crippen molar-refractivity contribution in [1.82, 2.24) is 19.9 Å². The van der Waals surface area contributed by atoms with Crippen molar-refractivity contribution in [2.24, 2.45) is 5.92 Å². The molecule has 0 aliphatic heterocycles. The SMILES string of the molecule is CC(=O)Nc1ccc(-n2cnc(C(=O)NCCC(C)C)c2)nc1. The minimum atomic E-state index is -0.195. The predicted molar refractivity (Wildman–Crippen MR) is 87.5 cm³/mol. The number of carbonyl (C=O) groups is 2. The Morgan fingerprint density at radius 3 is 2.65 bits per heavy atom. The van der Waals surface area contributed by atoms with E-state index in [4.69, 9.17) is 0 Å². The van der Waals surface area contributed by atoms with Crippen molar-refractivity contribution < 1.29 is 9.59 Å². The summed E-state index contributed by atoms with van der Waals surface area (Å²) >= 11 is 0. The molecule has 0 bridgehead atoms. The topological polar surface area (TPSA) is 88.9 Å². The van der Waals surface area contributed by atoms with E-state index in [1.165, 1.54) is 13.3 Å². The molecule has 2 N–H and O–H groups in total. The van der Waals surface area contributed by atoms with E-state index in [1.807, 2.05) is 0 Å². The first-order valence-electron chi connectivity index (χ1n) is 7.52. The maximum Gasteiger partial charge on any atom is 0.271 e. The second-order valence-corrected chi connectivity index (χ2v) is 5.69. The lowest BCUT2D eigenvalue weighted by Crippen LogP contribution is -2.25. The van der Waals surface area contributed by atoms with Crippen LogP contribution in [0.15, 0.2) is 30.9 Å². The Hall–Kier alpha value is -2.70. The van der Waals surface area contributed by atoms with Crippen LogP contribution in [0.5, 0.6) is 0 Å². The van der Waals surface area contributed by atoms with Gasteiger partial charge < -0.3 is 10.6 Å². The fourth-order valence-electron chi connectivity index (χ4n) is 1.95. The van der Waals surface area contributed by atoms with E-state index in [2.05, 4.69) is 34.4 Å². The highest BCUT2D eigenvalue weighted by molar-refractivity contribution is 5.92. The van der Waals surface area contributed by atoms with Gasteiger partial charge in [-0.15, -0.1) is 0 Å². The van der Waals surface area contributed by atoms with Gasteiger partial charge >= 0.3 is 0 Å². The number of pyridine rings is 1. The van der Waals surface area contributed by atoms with Gasteiger partial charge in [0.1, 0.15) is 17.8 Å². The summed E-state index contributed by atoms with van der Waals surface area (Å²) < 4.78 is 1.66. The Morgan fingerprint density at radius 1 is 1.26 bits per heavy atom. The van der Waals surface area contributed by atoms with E-state index in [9.17, 15) is 9.59 Å². The molecule has 122 valence electrons. The maximum absolute atomic E-state index is 12.0. The highest BCUT2D eigenvalue weighted by atomic mass is 16.2. The Labute approximate surface area is 135 Å². The van der Waals surface area contributed by atoms with E-state index >= 15 is 0 Å². The number of aromatic nitrogens is 3. The zero-order chi connectivity index (χ0) is 16.8. The summed E-state index contributed by atoms with van der Waals surface area (Å²) in [7, 11) is 0. The van der Waals surface area contributed by atoms with E-state index in [0.717, 1.165) is 6.42 Å². The molecule has 7 nitrogen and oxygen atoms in total. The number of rotatable bonds is 6. The Balaban J connectivity index is 2.01. The monoisotopic (exact) mass is 315 g/mol. The molecule has 2 amide bonds. The summed E-state index contributed by atoms with van der Waals surface area (Å²) in [6.45, 7) is 6.29. The van der Waals surface area contributed by atoms with Gasteiger partial charge in [-0.1, -0.05) is 13.8 Å². The third-order valence-electron chi connectivity index (χ3n) is 3.16. The van der Waals surface area contributed by atoms with Gasteiger partial charge in [-0.25, -0.2) is 9.97 Å². The average molecular weight is 315 g/mol. The van der Waals surface area contributed by atoms with Gasteiger partial charge in [0, 0.05) is 19.7 Å². The number of carbonyl (C=O) groups excluding carboxylic acids is 2. The molecular weight excluding hydrogens is 294 g/mol. The van der Waals surface area contributed by atoms with Crippen LogP contribution in [0.25, 0.3) is 5.82 Å². The van der Waals surface area contributed by atoms with Crippen molar-refractivity contribution in [3.8, 4) is 5.82 Å². The summed E-state index contributed by atoms with van der Waals surface area (Å²) in [5.74, 6) is 0.814. The molecule has 0 radical (unpaired) electrons. The number of hydrogen-bond donors (Lipinski definition) is 2. The van der Waals surface area contributed by atoms with Crippen molar-refractivity contribution in [3.63, 3.8) is 0 Å². The highest BCUT2D eigenvalue weighted by Crippen LogP contribution is 2.10. The van der Waals surface area contributed by atoms with Crippen LogP contribution in [0.4, 0.5) is 5.69 Å². The predicted octanol–water partition coefficient (Wildman–Crippen LogP) is 2.00. The van der Waals surface area contributed by atoms with Crippen LogP contribution in [0.3, 0.4) is 0 Å². The third-order valence-corrected chi connectivity index (χ3v) is 3.16. The minimum absolute atomic E-state index is 0.150. The van der Waals surface area contributed by atoms with E-state index in [1.54, 1.807) is 29.1 Å². The van der Waals surface area contributed by atoms with Crippen molar-refractivity contribution in [1.29, 1.82) is 0 Å². The lowest BCUT2D eigenvalue weighted by Gasteiger charge is -2.05. The van der Waals surface area contributed by atoms with Crippen molar-refractivity contribution in [3.05, 3.63) is 36.5 Å². The third kappa shape index (κ3) is 4.91. The lowest BCUT2D eigenvalue weighted by atomic mass is 10.1. The van der Waals surface area contributed by atoms with Crippen LogP contribution in [0.1, 0.15) is 37.7 Å². The van der Waals surface area contributed by atoms with Crippen molar-refractivity contribution >= 4 is 17.5 Å². The first kappa shape index (κ1) is 16.7. The molecule has 7 heteroatoms. The summed E-state index contributed by atoms with van der Waals surface area (Å²) in [5.41, 5.74) is 0.967. The Kier molecular flexibility index (Phi) is 5.46. The number of anilines is 1. The fraction of sp³-hybridized carbons (Fsp3) is 0.375. The number of imidazole rings is 1. The van der Waals surface area contributed by atoms with Gasteiger partial charge in [0.15, 0.2) is 0 Å². The standard InChI is InChI=1S/C16H21N5O2/c1-11(2)6-7-17-16(23)14-9-21(10-19-14)15-5-4-13(8-18-15)20-12(3)22/h4-5,8-11H,6-7H2,1-3H3,(H,17,23)(H,20,22). The molecule has 23 heavy (non-hydrogen) atoms. The van der Waals surface area contributed by atoms with Crippen LogP contribution in [0, 0.1) is 5.92 Å². The second-order valence-electron chi connectivity index (χ2n) is 5.69. The van der Waals surface area contributed by atoms with Crippen LogP contribution in [-0.2, 0) is 4.79 Å². The molecular formula is C16H21N5O2. The van der Waals surface area contributed by atoms with Gasteiger partial charge in [0.25, 0.3) is 5.91 Å². The van der Waals surface area contributed by atoms with E-state index < -0.39 is 0 Å².